The number of hydrogen-bond acceptors (Lipinski definition) is 2. The van der Waals surface area contributed by atoms with Gasteiger partial charge in [0.25, 0.3) is 5.91 Å². The zero-order valence-electron chi connectivity index (χ0n) is 11.1. The molecule has 0 spiro atoms. The Labute approximate surface area is 140 Å². The maximum atomic E-state index is 12.6. The number of ether oxygens (including phenoxy) is 1. The molecule has 2 rings (SSSR count). The fourth-order valence-corrected chi connectivity index (χ4v) is 2.77. The Bertz CT molecular complexity index is 646. The van der Waals surface area contributed by atoms with E-state index in [0.717, 1.165) is 13.7 Å². The molecule has 1 amide bonds. The van der Waals surface area contributed by atoms with Crippen LogP contribution in [0.3, 0.4) is 0 Å². The summed E-state index contributed by atoms with van der Waals surface area (Å²) >= 11 is 5.62. The van der Waals surface area contributed by atoms with E-state index in [-0.39, 0.29) is 5.91 Å². The molecule has 0 radical (unpaired) electrons. The summed E-state index contributed by atoms with van der Waals surface area (Å²) in [6, 6.07) is 13.1. The van der Waals surface area contributed by atoms with Gasteiger partial charge in [0.2, 0.25) is 0 Å². The van der Waals surface area contributed by atoms with Crippen LogP contribution >= 0.6 is 38.5 Å². The van der Waals surface area contributed by atoms with Gasteiger partial charge in [-0.1, -0.05) is 12.1 Å². The van der Waals surface area contributed by atoms with E-state index in [1.807, 2.05) is 42.5 Å². The molecule has 2 aromatic carbocycles. The Kier molecular flexibility index (Phi) is 5.04. The van der Waals surface area contributed by atoms with Crippen LogP contribution in [-0.2, 0) is 0 Å². The van der Waals surface area contributed by atoms with E-state index in [1.54, 1.807) is 19.1 Å². The summed E-state index contributed by atoms with van der Waals surface area (Å²) in [4.78, 5) is 14.2. The number of methoxy groups -OCH3 is 1. The van der Waals surface area contributed by atoms with Crippen LogP contribution in [0.1, 0.15) is 10.4 Å². The zero-order valence-corrected chi connectivity index (χ0v) is 14.8. The highest BCUT2D eigenvalue weighted by atomic mass is 127. The van der Waals surface area contributed by atoms with Gasteiger partial charge in [-0.2, -0.15) is 0 Å². The molecule has 0 heterocycles. The van der Waals surface area contributed by atoms with Crippen LogP contribution in [0.4, 0.5) is 5.69 Å². The molecule has 0 bridgehead atoms. The van der Waals surface area contributed by atoms with Crippen molar-refractivity contribution < 1.29 is 9.53 Å². The number of carbonyl (C=O) groups excluding carboxylic acids is 1. The largest absolute Gasteiger partial charge is 0.495 e. The number of amides is 1. The number of rotatable bonds is 3. The minimum absolute atomic E-state index is 0.0834. The number of hydrogen-bond donors (Lipinski definition) is 0. The number of carbonyl (C=O) groups is 1. The molecule has 0 atom stereocenters. The second kappa shape index (κ2) is 6.58. The second-order valence-electron chi connectivity index (χ2n) is 4.16. The number of benzene rings is 2. The fraction of sp³-hybridized carbons (Fsp3) is 0.133. The Hall–Kier alpha value is -1.08. The SMILES string of the molecule is COc1ccccc1N(C)C(=O)c1cc(I)ccc1Br. The van der Waals surface area contributed by atoms with Gasteiger partial charge >= 0.3 is 0 Å². The van der Waals surface area contributed by atoms with Crippen LogP contribution < -0.4 is 9.64 Å². The summed E-state index contributed by atoms with van der Waals surface area (Å²) < 4.78 is 7.10. The summed E-state index contributed by atoms with van der Waals surface area (Å²) in [5.74, 6) is 0.588. The molecule has 0 aliphatic heterocycles. The van der Waals surface area contributed by atoms with Crippen molar-refractivity contribution in [1.29, 1.82) is 0 Å². The topological polar surface area (TPSA) is 29.5 Å². The molecular formula is C15H13BrINO2. The molecule has 0 saturated carbocycles. The highest BCUT2D eigenvalue weighted by Gasteiger charge is 2.19. The molecule has 2 aromatic rings. The smallest absolute Gasteiger partial charge is 0.259 e. The van der Waals surface area contributed by atoms with Crippen molar-refractivity contribution in [2.24, 2.45) is 0 Å². The maximum Gasteiger partial charge on any atom is 0.259 e. The third-order valence-electron chi connectivity index (χ3n) is 2.91. The third-order valence-corrected chi connectivity index (χ3v) is 4.27. The van der Waals surface area contributed by atoms with Crippen molar-refractivity contribution in [3.63, 3.8) is 0 Å². The van der Waals surface area contributed by atoms with Crippen molar-refractivity contribution in [3.8, 4) is 5.75 Å². The van der Waals surface area contributed by atoms with Gasteiger partial charge in [-0.25, -0.2) is 0 Å². The van der Waals surface area contributed by atoms with E-state index in [9.17, 15) is 4.79 Å². The van der Waals surface area contributed by atoms with E-state index in [1.165, 1.54) is 0 Å². The molecule has 5 heteroatoms. The number of nitrogens with zero attached hydrogens (tertiary/aromatic N) is 1. The van der Waals surface area contributed by atoms with Crippen LogP contribution in [0.5, 0.6) is 5.75 Å². The number of para-hydroxylation sites is 2. The van der Waals surface area contributed by atoms with Gasteiger partial charge in [0.1, 0.15) is 5.75 Å². The first-order valence-corrected chi connectivity index (χ1v) is 7.78. The summed E-state index contributed by atoms with van der Waals surface area (Å²) in [7, 11) is 3.34. The van der Waals surface area contributed by atoms with E-state index in [0.29, 0.717) is 11.3 Å². The van der Waals surface area contributed by atoms with Gasteiger partial charge in [-0.3, -0.25) is 4.79 Å². The molecule has 20 heavy (non-hydrogen) atoms. The average Bonchev–Trinajstić information content (AvgIpc) is 2.48. The Morgan fingerprint density at radius 2 is 1.95 bits per heavy atom. The highest BCUT2D eigenvalue weighted by molar-refractivity contribution is 14.1. The highest BCUT2D eigenvalue weighted by Crippen LogP contribution is 2.29. The van der Waals surface area contributed by atoms with E-state index >= 15 is 0 Å². The van der Waals surface area contributed by atoms with Crippen LogP contribution in [0.15, 0.2) is 46.9 Å². The summed E-state index contributed by atoms with van der Waals surface area (Å²) in [6.07, 6.45) is 0. The Morgan fingerprint density at radius 1 is 1.25 bits per heavy atom. The Balaban J connectivity index is 2.40. The van der Waals surface area contributed by atoms with Gasteiger partial charge in [0, 0.05) is 15.1 Å². The normalized spacial score (nSPS) is 10.2. The molecule has 0 N–H and O–H groups in total. The maximum absolute atomic E-state index is 12.6. The molecule has 104 valence electrons. The van der Waals surface area contributed by atoms with Crippen LogP contribution in [0.2, 0.25) is 0 Å². The molecule has 0 fully saturated rings. The summed E-state index contributed by atoms with van der Waals surface area (Å²) in [5, 5.41) is 0. The summed E-state index contributed by atoms with van der Waals surface area (Å²) in [5.41, 5.74) is 1.37. The third kappa shape index (κ3) is 3.15. The van der Waals surface area contributed by atoms with Crippen LogP contribution in [0, 0.1) is 3.57 Å². The van der Waals surface area contributed by atoms with Crippen LogP contribution in [-0.4, -0.2) is 20.1 Å². The molecule has 3 nitrogen and oxygen atoms in total. The molecule has 0 saturated heterocycles. The number of halogens is 2. The van der Waals surface area contributed by atoms with E-state index in [4.69, 9.17) is 4.74 Å². The quantitative estimate of drug-likeness (QED) is 0.657. The zero-order chi connectivity index (χ0) is 14.7. The van der Waals surface area contributed by atoms with E-state index < -0.39 is 0 Å². The van der Waals surface area contributed by atoms with Crippen molar-refractivity contribution >= 4 is 50.1 Å². The molecule has 0 aliphatic carbocycles. The monoisotopic (exact) mass is 445 g/mol. The van der Waals surface area contributed by atoms with Crippen molar-refractivity contribution in [3.05, 3.63) is 56.1 Å². The fourth-order valence-electron chi connectivity index (χ4n) is 1.86. The lowest BCUT2D eigenvalue weighted by atomic mass is 10.2. The van der Waals surface area contributed by atoms with Gasteiger partial charge in [-0.05, 0) is 68.9 Å². The molecule has 0 unspecified atom stereocenters. The van der Waals surface area contributed by atoms with Crippen molar-refractivity contribution in [2.75, 3.05) is 19.1 Å². The van der Waals surface area contributed by atoms with Crippen LogP contribution in [0.25, 0.3) is 0 Å². The van der Waals surface area contributed by atoms with Crippen molar-refractivity contribution in [1.82, 2.24) is 0 Å². The van der Waals surface area contributed by atoms with Crippen molar-refractivity contribution in [2.45, 2.75) is 0 Å². The molecule has 0 aliphatic rings. The predicted octanol–water partition coefficient (Wildman–Crippen LogP) is 4.34. The minimum Gasteiger partial charge on any atom is -0.495 e. The predicted molar refractivity (Wildman–Crippen MR) is 92.6 cm³/mol. The second-order valence-corrected chi connectivity index (χ2v) is 6.26. The first kappa shape index (κ1) is 15.3. The van der Waals surface area contributed by atoms with E-state index in [2.05, 4.69) is 38.5 Å². The lowest BCUT2D eigenvalue weighted by molar-refractivity contribution is 0.0991. The van der Waals surface area contributed by atoms with Gasteiger partial charge in [0.05, 0.1) is 18.4 Å². The lowest BCUT2D eigenvalue weighted by Crippen LogP contribution is -2.27. The first-order valence-electron chi connectivity index (χ1n) is 5.90. The number of anilines is 1. The summed E-state index contributed by atoms with van der Waals surface area (Å²) in [6.45, 7) is 0. The van der Waals surface area contributed by atoms with Gasteiger partial charge < -0.3 is 9.64 Å². The first-order chi connectivity index (χ1) is 9.54. The average molecular weight is 446 g/mol. The molecular weight excluding hydrogens is 433 g/mol. The van der Waals surface area contributed by atoms with Gasteiger partial charge in [-0.15, -0.1) is 0 Å². The lowest BCUT2D eigenvalue weighted by Gasteiger charge is -2.20. The Morgan fingerprint density at radius 3 is 2.65 bits per heavy atom. The molecule has 0 aromatic heterocycles. The standard InChI is InChI=1S/C15H13BrINO2/c1-18(13-5-3-4-6-14(13)20-2)15(19)11-9-10(17)7-8-12(11)16/h3-9H,1-2H3. The minimum atomic E-state index is -0.0834. The van der Waals surface area contributed by atoms with Gasteiger partial charge in [0.15, 0.2) is 0 Å².